The molecule has 1 atom stereocenters. The lowest BCUT2D eigenvalue weighted by Gasteiger charge is -2.18. The van der Waals surface area contributed by atoms with Gasteiger partial charge in [0.15, 0.2) is 11.5 Å². The van der Waals surface area contributed by atoms with Crippen LogP contribution in [-0.2, 0) is 13.0 Å². The highest BCUT2D eigenvalue weighted by molar-refractivity contribution is 5.97. The molecule has 5 aromatic rings. The summed E-state index contributed by atoms with van der Waals surface area (Å²) in [5.74, 6) is 0.784. The normalized spacial score (nSPS) is 11.9. The molecule has 0 unspecified atom stereocenters. The van der Waals surface area contributed by atoms with Crippen molar-refractivity contribution in [2.24, 2.45) is 0 Å². The minimum atomic E-state index is -0.433. The van der Waals surface area contributed by atoms with Crippen molar-refractivity contribution < 1.29 is 14.3 Å². The number of carbonyl (C=O) groups is 1. The van der Waals surface area contributed by atoms with Gasteiger partial charge in [-0.25, -0.2) is 4.98 Å². The summed E-state index contributed by atoms with van der Waals surface area (Å²) in [7, 11) is 3.16. The van der Waals surface area contributed by atoms with Gasteiger partial charge in [-0.1, -0.05) is 42.5 Å². The Balaban J connectivity index is 1.63. The third kappa shape index (κ3) is 4.93. The largest absolute Gasteiger partial charge is 0.493 e. The quantitative estimate of drug-likeness (QED) is 0.289. The van der Waals surface area contributed by atoms with Gasteiger partial charge in [-0.05, 0) is 61.2 Å². The third-order valence-corrected chi connectivity index (χ3v) is 7.10. The number of aromatic nitrogens is 3. The topological polar surface area (TPSA) is 111 Å². The number of hydrogen-bond donors (Lipinski definition) is 2. The summed E-state index contributed by atoms with van der Waals surface area (Å²) in [6.45, 7) is 4.08. The maximum atomic E-state index is 13.6. The van der Waals surface area contributed by atoms with Crippen LogP contribution in [0.25, 0.3) is 16.7 Å². The fourth-order valence-corrected chi connectivity index (χ4v) is 4.86. The summed E-state index contributed by atoms with van der Waals surface area (Å²) in [6.07, 6.45) is 2.17. The molecule has 9 heteroatoms. The van der Waals surface area contributed by atoms with Gasteiger partial charge in [0.2, 0.25) is 0 Å². The Morgan fingerprint density at radius 2 is 1.75 bits per heavy atom. The van der Waals surface area contributed by atoms with Crippen molar-refractivity contribution in [3.63, 3.8) is 0 Å². The molecule has 0 aliphatic heterocycles. The van der Waals surface area contributed by atoms with Gasteiger partial charge in [-0.3, -0.25) is 19.4 Å². The number of benzene rings is 2. The summed E-state index contributed by atoms with van der Waals surface area (Å²) in [4.78, 5) is 31.9. The molecule has 0 bridgehead atoms. The molecule has 1 amide bonds. The second-order valence-corrected chi connectivity index (χ2v) is 9.64. The Kier molecular flexibility index (Phi) is 7.37. The molecule has 0 aliphatic carbocycles. The predicted octanol–water partition coefficient (Wildman–Crippen LogP) is 4.19. The van der Waals surface area contributed by atoms with Crippen molar-refractivity contribution in [2.75, 3.05) is 14.2 Å². The second-order valence-electron chi connectivity index (χ2n) is 9.64. The first kappa shape index (κ1) is 26.7. The van der Waals surface area contributed by atoms with Crippen LogP contribution in [0.2, 0.25) is 0 Å². The maximum Gasteiger partial charge on any atom is 0.267 e. The highest BCUT2D eigenvalue weighted by Gasteiger charge is 2.20. The van der Waals surface area contributed by atoms with E-state index < -0.39 is 5.91 Å². The molecule has 9 nitrogen and oxygen atoms in total. The maximum absolute atomic E-state index is 13.6. The highest BCUT2D eigenvalue weighted by Crippen LogP contribution is 2.28. The van der Waals surface area contributed by atoms with Gasteiger partial charge in [-0.15, -0.1) is 0 Å². The van der Waals surface area contributed by atoms with Crippen molar-refractivity contribution in [1.29, 1.82) is 5.41 Å². The van der Waals surface area contributed by atoms with Gasteiger partial charge < -0.3 is 19.4 Å². The fourth-order valence-electron chi connectivity index (χ4n) is 4.86. The van der Waals surface area contributed by atoms with E-state index in [1.54, 1.807) is 31.0 Å². The Morgan fingerprint density at radius 1 is 1.00 bits per heavy atom. The number of amides is 1. The van der Waals surface area contributed by atoms with E-state index in [0.29, 0.717) is 35.8 Å². The summed E-state index contributed by atoms with van der Waals surface area (Å²) >= 11 is 0. The SMILES string of the molecule is COc1ccc(CCn2c(=N)c(C(=O)N[C@H](C)c3ccccc3)cc3c(=O)n4cccc(C)c4nc32)cc1OC. The minimum absolute atomic E-state index is 0.0180. The molecule has 2 N–H and O–H groups in total. The number of pyridine rings is 2. The summed E-state index contributed by atoms with van der Waals surface area (Å²) in [5, 5.41) is 12.3. The average Bonchev–Trinajstić information content (AvgIpc) is 2.97. The number of fused-ring (bicyclic) bond motifs is 2. The number of nitrogens with one attached hydrogen (secondary N) is 2. The van der Waals surface area contributed by atoms with Gasteiger partial charge in [-0.2, -0.15) is 0 Å². The zero-order chi connectivity index (χ0) is 28.4. The van der Waals surface area contributed by atoms with Crippen LogP contribution in [-0.4, -0.2) is 34.1 Å². The van der Waals surface area contributed by atoms with E-state index in [0.717, 1.165) is 16.7 Å². The molecule has 0 aliphatic rings. The highest BCUT2D eigenvalue weighted by atomic mass is 16.5. The van der Waals surface area contributed by atoms with Crippen LogP contribution >= 0.6 is 0 Å². The lowest BCUT2D eigenvalue weighted by molar-refractivity contribution is 0.0937. The Morgan fingerprint density at radius 3 is 2.48 bits per heavy atom. The zero-order valence-electron chi connectivity index (χ0n) is 22.9. The van der Waals surface area contributed by atoms with Gasteiger partial charge in [0, 0.05) is 12.7 Å². The Bertz CT molecular complexity index is 1840. The van der Waals surface area contributed by atoms with E-state index in [-0.39, 0.29) is 28.0 Å². The number of methoxy groups -OCH3 is 2. The number of ether oxygens (including phenoxy) is 2. The van der Waals surface area contributed by atoms with Crippen LogP contribution in [0.1, 0.15) is 40.0 Å². The molecule has 0 saturated heterocycles. The van der Waals surface area contributed by atoms with Crippen LogP contribution in [0.3, 0.4) is 0 Å². The van der Waals surface area contributed by atoms with Gasteiger partial charge >= 0.3 is 0 Å². The minimum Gasteiger partial charge on any atom is -0.493 e. The van der Waals surface area contributed by atoms with E-state index in [4.69, 9.17) is 19.9 Å². The molecule has 0 saturated carbocycles. The predicted molar refractivity (Wildman–Crippen MR) is 153 cm³/mol. The number of rotatable bonds is 8. The van der Waals surface area contributed by atoms with Crippen LogP contribution in [0.4, 0.5) is 0 Å². The first-order valence-electron chi connectivity index (χ1n) is 13.0. The number of aryl methyl sites for hydroxylation is 3. The first-order valence-corrected chi connectivity index (χ1v) is 13.0. The number of hydrogen-bond acceptors (Lipinski definition) is 6. The molecule has 0 radical (unpaired) electrons. The van der Waals surface area contributed by atoms with Crippen molar-refractivity contribution in [3.05, 3.63) is 111 Å². The van der Waals surface area contributed by atoms with Gasteiger partial charge in [0.25, 0.3) is 11.5 Å². The zero-order valence-corrected chi connectivity index (χ0v) is 22.9. The molecule has 5 rings (SSSR count). The first-order chi connectivity index (χ1) is 19.3. The van der Waals surface area contributed by atoms with Crippen LogP contribution in [0.15, 0.2) is 77.7 Å². The van der Waals surface area contributed by atoms with Gasteiger partial charge in [0.05, 0.1) is 31.2 Å². The van der Waals surface area contributed by atoms with Crippen LogP contribution < -0.4 is 25.8 Å². The number of nitrogens with zero attached hydrogens (tertiary/aromatic N) is 3. The smallest absolute Gasteiger partial charge is 0.267 e. The Hall–Kier alpha value is -4.92. The van der Waals surface area contributed by atoms with Crippen molar-refractivity contribution in [3.8, 4) is 11.5 Å². The molecule has 40 heavy (non-hydrogen) atoms. The van der Waals surface area contributed by atoms with Crippen molar-refractivity contribution >= 4 is 22.6 Å². The summed E-state index contributed by atoms with van der Waals surface area (Å²) in [6, 6.07) is 20.1. The lowest BCUT2D eigenvalue weighted by Crippen LogP contribution is -2.36. The average molecular weight is 538 g/mol. The van der Waals surface area contributed by atoms with Crippen molar-refractivity contribution in [1.82, 2.24) is 19.3 Å². The molecule has 204 valence electrons. The van der Waals surface area contributed by atoms with Crippen molar-refractivity contribution in [2.45, 2.75) is 32.9 Å². The van der Waals surface area contributed by atoms with E-state index in [2.05, 4.69) is 5.32 Å². The lowest BCUT2D eigenvalue weighted by atomic mass is 10.1. The third-order valence-electron chi connectivity index (χ3n) is 7.10. The fraction of sp³-hybridized carbons (Fsp3) is 0.226. The standard InChI is InChI=1S/C31H31N5O4/c1-19-9-8-15-36-28(19)34-29-24(31(36)38)18-23(30(37)33-20(2)22-10-6-5-7-11-22)27(32)35(29)16-14-21-12-13-25(39-3)26(17-21)40-4/h5-13,15,17-18,20,32H,14,16H2,1-4H3,(H,33,37)/t20-/m1/s1. The molecular weight excluding hydrogens is 506 g/mol. The van der Waals surface area contributed by atoms with E-state index in [1.807, 2.05) is 68.4 Å². The summed E-state index contributed by atoms with van der Waals surface area (Å²) < 4.78 is 13.9. The second kappa shape index (κ2) is 11.1. The molecule has 0 fully saturated rings. The van der Waals surface area contributed by atoms with E-state index in [1.165, 1.54) is 10.5 Å². The molecule has 3 aromatic heterocycles. The van der Waals surface area contributed by atoms with E-state index >= 15 is 0 Å². The molecule has 0 spiro atoms. The van der Waals surface area contributed by atoms with Crippen LogP contribution in [0.5, 0.6) is 11.5 Å². The number of carbonyl (C=O) groups excluding carboxylic acids is 1. The van der Waals surface area contributed by atoms with Gasteiger partial charge in [0.1, 0.15) is 16.8 Å². The summed E-state index contributed by atoms with van der Waals surface area (Å²) in [5.41, 5.74) is 3.37. The molecule has 2 aromatic carbocycles. The van der Waals surface area contributed by atoms with Crippen LogP contribution in [0, 0.1) is 12.3 Å². The van der Waals surface area contributed by atoms with E-state index in [9.17, 15) is 9.59 Å². The molecule has 3 heterocycles. The molecular formula is C31H31N5O4. The Labute approximate surface area is 231 Å². The monoisotopic (exact) mass is 537 g/mol.